The highest BCUT2D eigenvalue weighted by molar-refractivity contribution is 7.13. The Morgan fingerprint density at radius 1 is 0.422 bits per heavy atom. The van der Waals surface area contributed by atoms with Crippen molar-refractivity contribution in [1.82, 2.24) is 0 Å². The summed E-state index contributed by atoms with van der Waals surface area (Å²) in [5.41, 5.74) is 10.4. The number of hydrogen-bond acceptors (Lipinski definition) is 2. The molecule has 0 fully saturated rings. The number of aryl methyl sites for hydroxylation is 2. The Bertz CT molecular complexity index is 2030. The minimum Gasteiger partial charge on any atom is -0.497 e. The van der Waals surface area contributed by atoms with E-state index in [1.807, 2.05) is 0 Å². The van der Waals surface area contributed by atoms with Crippen molar-refractivity contribution < 1.29 is 9.47 Å². The van der Waals surface area contributed by atoms with Crippen LogP contribution in [0.25, 0.3) is 43.1 Å². The molecule has 0 saturated heterocycles. The Labute approximate surface area is 267 Å². The number of hydrogen-bond donors (Lipinski definition) is 0. The fraction of sp³-hybridized carbons (Fsp3) is 0.143. The second-order valence-corrected chi connectivity index (χ2v) is 17.0. The highest BCUT2D eigenvalue weighted by Crippen LogP contribution is 2.56. The van der Waals surface area contributed by atoms with E-state index in [2.05, 4.69) is 148 Å². The molecule has 45 heavy (non-hydrogen) atoms. The molecule has 1 aliphatic heterocycles. The molecular formula is C42H38O2Si. The third-order valence-electron chi connectivity index (χ3n) is 9.29. The highest BCUT2D eigenvalue weighted by Gasteiger charge is 2.44. The van der Waals surface area contributed by atoms with Crippen LogP contribution in [0, 0.1) is 13.8 Å². The quantitative estimate of drug-likeness (QED) is 0.177. The molecule has 7 rings (SSSR count). The molecule has 6 aromatic carbocycles. The van der Waals surface area contributed by atoms with Crippen LogP contribution in [0.15, 0.2) is 121 Å². The largest absolute Gasteiger partial charge is 0.497 e. The first-order chi connectivity index (χ1) is 21.8. The summed E-state index contributed by atoms with van der Waals surface area (Å²) in [6.45, 7) is 9.46. The Morgan fingerprint density at radius 3 is 1.22 bits per heavy atom. The van der Waals surface area contributed by atoms with Gasteiger partial charge in [0.1, 0.15) is 19.6 Å². The number of benzene rings is 6. The van der Waals surface area contributed by atoms with Crippen molar-refractivity contribution in [3.63, 3.8) is 0 Å². The van der Waals surface area contributed by atoms with Crippen molar-refractivity contribution in [2.45, 2.75) is 26.9 Å². The van der Waals surface area contributed by atoms with E-state index in [0.29, 0.717) is 0 Å². The summed E-state index contributed by atoms with van der Waals surface area (Å²) in [6, 6.07) is 44.8. The van der Waals surface area contributed by atoms with Gasteiger partial charge in [0.05, 0.1) is 14.2 Å². The zero-order valence-electron chi connectivity index (χ0n) is 26.9. The van der Waals surface area contributed by atoms with Crippen molar-refractivity contribution in [3.8, 4) is 11.5 Å². The summed E-state index contributed by atoms with van der Waals surface area (Å²) in [7, 11) is 1.15. The third-order valence-corrected chi connectivity index (χ3v) is 12.9. The molecule has 3 heteroatoms. The maximum Gasteiger partial charge on any atom is 0.119 e. The normalized spacial score (nSPS) is 14.4. The molecule has 0 bridgehead atoms. The predicted octanol–water partition coefficient (Wildman–Crippen LogP) is 10.9. The first-order valence-corrected chi connectivity index (χ1v) is 18.6. The number of fused-ring (bicyclic) bond motifs is 2. The predicted molar refractivity (Wildman–Crippen MR) is 194 cm³/mol. The van der Waals surface area contributed by atoms with Crippen LogP contribution in [0.5, 0.6) is 11.5 Å². The van der Waals surface area contributed by atoms with Gasteiger partial charge in [-0.15, -0.1) is 0 Å². The van der Waals surface area contributed by atoms with Crippen LogP contribution in [0.1, 0.15) is 33.4 Å². The van der Waals surface area contributed by atoms with Gasteiger partial charge in [0.2, 0.25) is 0 Å². The molecule has 0 spiro atoms. The van der Waals surface area contributed by atoms with E-state index >= 15 is 0 Å². The van der Waals surface area contributed by atoms with Gasteiger partial charge >= 0.3 is 0 Å². The molecule has 0 N–H and O–H groups in total. The molecule has 0 aromatic heterocycles. The van der Waals surface area contributed by atoms with Gasteiger partial charge in [0.15, 0.2) is 0 Å². The van der Waals surface area contributed by atoms with Crippen molar-refractivity contribution in [2.24, 2.45) is 0 Å². The summed E-state index contributed by atoms with van der Waals surface area (Å²) in [5, 5.41) is 7.77. The minimum absolute atomic E-state index is 0.880. The van der Waals surface area contributed by atoms with Gasteiger partial charge in [-0.3, -0.25) is 0 Å². The molecular weight excluding hydrogens is 565 g/mol. The Morgan fingerprint density at radius 2 is 0.822 bits per heavy atom. The van der Waals surface area contributed by atoms with Crippen molar-refractivity contribution in [1.29, 1.82) is 0 Å². The maximum absolute atomic E-state index is 5.53. The fourth-order valence-corrected chi connectivity index (χ4v) is 11.0. The van der Waals surface area contributed by atoms with E-state index in [1.165, 1.54) is 76.5 Å². The standard InChI is InChI=1S/C42H38O2Si/c1-27-9-7-11-33(21-27)39-40(34-12-8-10-28(2)22-34)42(36-16-14-32-26-38(44-4)20-18-30(32)24-36)45(5,6)41(39)35-15-13-31-25-37(43-3)19-17-29(31)23-35/h7-26H,1-6H3. The van der Waals surface area contributed by atoms with Crippen LogP contribution in [0.4, 0.5) is 0 Å². The zero-order chi connectivity index (χ0) is 31.3. The number of rotatable bonds is 6. The van der Waals surface area contributed by atoms with Gasteiger partial charge in [-0.2, -0.15) is 0 Å². The summed E-state index contributed by atoms with van der Waals surface area (Å²) < 4.78 is 11.1. The topological polar surface area (TPSA) is 18.5 Å². The van der Waals surface area contributed by atoms with Crippen LogP contribution in [0.2, 0.25) is 13.1 Å². The van der Waals surface area contributed by atoms with Crippen molar-refractivity contribution in [3.05, 3.63) is 155 Å². The lowest BCUT2D eigenvalue weighted by Gasteiger charge is -2.27. The van der Waals surface area contributed by atoms with Gasteiger partial charge < -0.3 is 9.47 Å². The first-order valence-electron chi connectivity index (χ1n) is 15.6. The van der Waals surface area contributed by atoms with Gasteiger partial charge in [-0.25, -0.2) is 0 Å². The molecule has 1 aliphatic rings. The molecule has 0 unspecified atom stereocenters. The molecule has 0 atom stereocenters. The maximum atomic E-state index is 5.53. The van der Waals surface area contributed by atoms with Crippen LogP contribution in [-0.2, 0) is 0 Å². The summed E-state index contributed by atoms with van der Waals surface area (Å²) >= 11 is 0. The van der Waals surface area contributed by atoms with E-state index in [9.17, 15) is 0 Å². The molecule has 2 nitrogen and oxygen atoms in total. The summed E-state index contributed by atoms with van der Waals surface area (Å²) in [6.07, 6.45) is 0. The lowest BCUT2D eigenvalue weighted by molar-refractivity contribution is 0.415. The van der Waals surface area contributed by atoms with E-state index in [4.69, 9.17) is 9.47 Å². The van der Waals surface area contributed by atoms with E-state index in [-0.39, 0.29) is 0 Å². The Kier molecular flexibility index (Phi) is 7.22. The Hall–Kier alpha value is -4.86. The van der Waals surface area contributed by atoms with E-state index in [0.717, 1.165) is 11.5 Å². The van der Waals surface area contributed by atoms with Crippen molar-refractivity contribution >= 4 is 51.2 Å². The van der Waals surface area contributed by atoms with E-state index in [1.54, 1.807) is 14.2 Å². The average molecular weight is 603 g/mol. The SMILES string of the molecule is COc1ccc2cc(C3=C(c4cccc(C)c4)C(c4cccc(C)c4)=C(c4ccc5cc(OC)ccc5c4)[Si]3(C)C)ccc2c1. The number of ether oxygens (including phenoxy) is 2. The Balaban J connectivity index is 1.56. The lowest BCUT2D eigenvalue weighted by atomic mass is 9.88. The molecule has 1 heterocycles. The molecule has 0 amide bonds. The average Bonchev–Trinajstić information content (AvgIpc) is 3.30. The van der Waals surface area contributed by atoms with Gasteiger partial charge in [-0.05, 0) is 116 Å². The van der Waals surface area contributed by atoms with Crippen LogP contribution < -0.4 is 9.47 Å². The molecule has 222 valence electrons. The van der Waals surface area contributed by atoms with Crippen LogP contribution in [-0.4, -0.2) is 22.3 Å². The minimum atomic E-state index is -2.31. The lowest BCUT2D eigenvalue weighted by Crippen LogP contribution is -2.28. The summed E-state index contributed by atoms with van der Waals surface area (Å²) in [4.78, 5) is 0. The number of allylic oxidation sites excluding steroid dienone is 2. The smallest absolute Gasteiger partial charge is 0.119 e. The van der Waals surface area contributed by atoms with Gasteiger partial charge in [0.25, 0.3) is 0 Å². The first kappa shape index (κ1) is 28.9. The number of methoxy groups -OCH3 is 2. The second-order valence-electron chi connectivity index (χ2n) is 12.7. The van der Waals surface area contributed by atoms with Gasteiger partial charge in [-0.1, -0.05) is 109 Å². The fourth-order valence-electron chi connectivity index (χ4n) is 7.20. The monoisotopic (exact) mass is 602 g/mol. The zero-order valence-corrected chi connectivity index (χ0v) is 27.9. The van der Waals surface area contributed by atoms with Gasteiger partial charge in [0, 0.05) is 0 Å². The summed E-state index contributed by atoms with van der Waals surface area (Å²) in [5.74, 6) is 1.76. The van der Waals surface area contributed by atoms with Crippen molar-refractivity contribution in [2.75, 3.05) is 14.2 Å². The van der Waals surface area contributed by atoms with Crippen LogP contribution in [0.3, 0.4) is 0 Å². The molecule has 0 aliphatic carbocycles. The third kappa shape index (κ3) is 5.07. The molecule has 0 saturated carbocycles. The molecule has 0 radical (unpaired) electrons. The second kappa shape index (κ2) is 11.2. The highest BCUT2D eigenvalue weighted by atomic mass is 28.3. The van der Waals surface area contributed by atoms with Crippen LogP contribution >= 0.6 is 0 Å². The van der Waals surface area contributed by atoms with E-state index < -0.39 is 8.07 Å². The molecule has 6 aromatic rings.